The van der Waals surface area contributed by atoms with Gasteiger partial charge in [-0.2, -0.15) is 18.0 Å². The molecule has 0 bridgehead atoms. The number of aromatic nitrogens is 2. The lowest BCUT2D eigenvalue weighted by Gasteiger charge is -2.30. The van der Waals surface area contributed by atoms with Crippen molar-refractivity contribution in [2.45, 2.75) is 18.8 Å². The highest BCUT2D eigenvalue weighted by Crippen LogP contribution is 2.28. The third-order valence-electron chi connectivity index (χ3n) is 4.96. The maximum absolute atomic E-state index is 12.7. The molecule has 3 aromatic rings. The number of piperidine rings is 1. The molecule has 0 radical (unpaired) electrons. The lowest BCUT2D eigenvalue weighted by molar-refractivity contribution is 0.318. The minimum Gasteiger partial charge on any atom is -0.260 e. The van der Waals surface area contributed by atoms with Crippen molar-refractivity contribution in [2.75, 3.05) is 17.8 Å². The van der Waals surface area contributed by atoms with Crippen LogP contribution in [0.5, 0.6) is 0 Å². The van der Waals surface area contributed by atoms with Crippen molar-refractivity contribution < 1.29 is 8.42 Å². The van der Waals surface area contributed by atoms with Crippen LogP contribution in [0, 0.1) is 11.3 Å². The summed E-state index contributed by atoms with van der Waals surface area (Å²) in [4.78, 5) is 8.72. The Hall–Kier alpha value is -3.02. The Labute approximate surface area is 163 Å². The number of nitriles is 1. The van der Waals surface area contributed by atoms with Gasteiger partial charge in [0.15, 0.2) is 0 Å². The standard InChI is InChI=1S/C20H19N5O2S/c21-13-15-5-7-18(22-14-15)17-9-11-25(12-10-17)28(26,27)24-20-8-6-16-3-1-2-4-19(16)23-20/h1-8,14,17H,9-12H2,(H,23,24). The van der Waals surface area contributed by atoms with Crippen LogP contribution in [0.4, 0.5) is 5.82 Å². The van der Waals surface area contributed by atoms with Crippen molar-refractivity contribution in [3.8, 4) is 6.07 Å². The van der Waals surface area contributed by atoms with E-state index < -0.39 is 10.2 Å². The van der Waals surface area contributed by atoms with Crippen LogP contribution < -0.4 is 4.72 Å². The molecule has 0 spiro atoms. The summed E-state index contributed by atoms with van der Waals surface area (Å²) in [5, 5.41) is 9.83. The molecule has 0 aliphatic carbocycles. The zero-order valence-corrected chi connectivity index (χ0v) is 15.9. The average Bonchev–Trinajstić information content (AvgIpc) is 2.73. The zero-order chi connectivity index (χ0) is 19.6. The molecule has 0 amide bonds. The number of nitrogens with zero attached hydrogens (tertiary/aromatic N) is 4. The van der Waals surface area contributed by atoms with Gasteiger partial charge in [0.25, 0.3) is 0 Å². The number of para-hydroxylation sites is 1. The Morgan fingerprint density at radius 1 is 1.07 bits per heavy atom. The van der Waals surface area contributed by atoms with E-state index in [0.29, 0.717) is 37.3 Å². The first-order chi connectivity index (χ1) is 13.5. The summed E-state index contributed by atoms with van der Waals surface area (Å²) < 4.78 is 29.5. The number of fused-ring (bicyclic) bond motifs is 1. The molecule has 3 heterocycles. The van der Waals surface area contributed by atoms with Crippen LogP contribution in [0.2, 0.25) is 0 Å². The fourth-order valence-electron chi connectivity index (χ4n) is 3.42. The quantitative estimate of drug-likeness (QED) is 0.734. The number of rotatable bonds is 4. The fourth-order valence-corrected chi connectivity index (χ4v) is 4.62. The minimum absolute atomic E-state index is 0.193. The van der Waals surface area contributed by atoms with Crippen LogP contribution in [0.3, 0.4) is 0 Å². The third kappa shape index (κ3) is 3.81. The van der Waals surface area contributed by atoms with Crippen molar-refractivity contribution in [3.05, 3.63) is 66.0 Å². The molecule has 1 fully saturated rings. The second kappa shape index (κ2) is 7.54. The SMILES string of the molecule is N#Cc1ccc(C2CCN(S(=O)(=O)Nc3ccc4ccccc4n3)CC2)nc1. The molecule has 7 nitrogen and oxygen atoms in total. The van der Waals surface area contributed by atoms with Crippen molar-refractivity contribution in [2.24, 2.45) is 0 Å². The van der Waals surface area contributed by atoms with Gasteiger partial charge in [-0.05, 0) is 43.2 Å². The second-order valence-electron chi connectivity index (χ2n) is 6.75. The van der Waals surface area contributed by atoms with Crippen LogP contribution >= 0.6 is 0 Å². The van der Waals surface area contributed by atoms with Crippen molar-refractivity contribution in [1.82, 2.24) is 14.3 Å². The Morgan fingerprint density at radius 2 is 1.86 bits per heavy atom. The molecule has 0 saturated carbocycles. The summed E-state index contributed by atoms with van der Waals surface area (Å²) in [6.45, 7) is 0.824. The monoisotopic (exact) mass is 393 g/mol. The normalized spacial score (nSPS) is 16.0. The Morgan fingerprint density at radius 3 is 2.57 bits per heavy atom. The van der Waals surface area contributed by atoms with E-state index in [1.165, 1.54) is 4.31 Å². The van der Waals surface area contributed by atoms with Crippen molar-refractivity contribution in [1.29, 1.82) is 5.26 Å². The first-order valence-electron chi connectivity index (χ1n) is 9.05. The lowest BCUT2D eigenvalue weighted by Crippen LogP contribution is -2.41. The van der Waals surface area contributed by atoms with E-state index in [1.807, 2.05) is 36.4 Å². The van der Waals surface area contributed by atoms with Crippen LogP contribution in [0.1, 0.15) is 30.0 Å². The minimum atomic E-state index is -3.66. The highest BCUT2D eigenvalue weighted by Gasteiger charge is 2.29. The largest absolute Gasteiger partial charge is 0.302 e. The van der Waals surface area contributed by atoms with Gasteiger partial charge in [0.05, 0.1) is 11.1 Å². The van der Waals surface area contributed by atoms with Gasteiger partial charge in [0.2, 0.25) is 0 Å². The third-order valence-corrected chi connectivity index (χ3v) is 6.47. The number of hydrogen-bond donors (Lipinski definition) is 1. The molecule has 1 aromatic carbocycles. The van der Waals surface area contributed by atoms with Crippen molar-refractivity contribution in [3.63, 3.8) is 0 Å². The second-order valence-corrected chi connectivity index (χ2v) is 8.42. The molecule has 1 aliphatic heterocycles. The van der Waals surface area contributed by atoms with E-state index in [1.54, 1.807) is 18.3 Å². The zero-order valence-electron chi connectivity index (χ0n) is 15.1. The molecular weight excluding hydrogens is 374 g/mol. The maximum atomic E-state index is 12.7. The molecule has 2 aromatic heterocycles. The molecular formula is C20H19N5O2S. The van der Waals surface area contributed by atoms with Crippen LogP contribution in [-0.2, 0) is 10.2 Å². The summed E-state index contributed by atoms with van der Waals surface area (Å²) in [5.74, 6) is 0.507. The van der Waals surface area contributed by atoms with Gasteiger partial charge in [-0.25, -0.2) is 4.98 Å². The number of nitrogens with one attached hydrogen (secondary N) is 1. The van der Waals surface area contributed by atoms with Gasteiger partial charge >= 0.3 is 10.2 Å². The molecule has 0 atom stereocenters. The lowest BCUT2D eigenvalue weighted by atomic mass is 9.94. The van der Waals surface area contributed by atoms with E-state index in [2.05, 4.69) is 20.8 Å². The molecule has 1 aliphatic rings. The van der Waals surface area contributed by atoms with Gasteiger partial charge in [-0.1, -0.05) is 18.2 Å². The van der Waals surface area contributed by atoms with E-state index in [4.69, 9.17) is 5.26 Å². The van der Waals surface area contributed by atoms with Gasteiger partial charge in [-0.3, -0.25) is 9.71 Å². The molecule has 4 rings (SSSR count). The smallest absolute Gasteiger partial charge is 0.260 e. The Bertz CT molecular complexity index is 1130. The van der Waals surface area contributed by atoms with Crippen LogP contribution in [0.25, 0.3) is 10.9 Å². The van der Waals surface area contributed by atoms with E-state index in [0.717, 1.165) is 16.6 Å². The average molecular weight is 393 g/mol. The molecule has 8 heteroatoms. The first-order valence-corrected chi connectivity index (χ1v) is 10.5. The molecule has 28 heavy (non-hydrogen) atoms. The summed E-state index contributed by atoms with van der Waals surface area (Å²) in [5.41, 5.74) is 2.17. The predicted octanol–water partition coefficient (Wildman–Crippen LogP) is 3.04. The maximum Gasteiger partial charge on any atom is 0.302 e. The highest BCUT2D eigenvalue weighted by molar-refractivity contribution is 7.90. The van der Waals surface area contributed by atoms with Gasteiger partial charge in [-0.15, -0.1) is 0 Å². The van der Waals surface area contributed by atoms with Gasteiger partial charge in [0, 0.05) is 36.3 Å². The summed E-state index contributed by atoms with van der Waals surface area (Å²) in [6.07, 6.45) is 2.93. The molecule has 1 saturated heterocycles. The van der Waals surface area contributed by atoms with E-state index in [-0.39, 0.29) is 5.92 Å². The van der Waals surface area contributed by atoms with Crippen molar-refractivity contribution >= 4 is 26.9 Å². The molecule has 142 valence electrons. The van der Waals surface area contributed by atoms with Gasteiger partial charge in [0.1, 0.15) is 11.9 Å². The van der Waals surface area contributed by atoms with E-state index >= 15 is 0 Å². The summed E-state index contributed by atoms with van der Waals surface area (Å²) in [7, 11) is -3.66. The summed E-state index contributed by atoms with van der Waals surface area (Å²) in [6, 6.07) is 16.7. The van der Waals surface area contributed by atoms with Crippen LogP contribution in [-0.4, -0.2) is 35.8 Å². The summed E-state index contributed by atoms with van der Waals surface area (Å²) >= 11 is 0. The topological polar surface area (TPSA) is 99.0 Å². The first kappa shape index (κ1) is 18.3. The van der Waals surface area contributed by atoms with Gasteiger partial charge < -0.3 is 0 Å². The number of benzene rings is 1. The number of hydrogen-bond acceptors (Lipinski definition) is 5. The van der Waals surface area contributed by atoms with E-state index in [9.17, 15) is 8.42 Å². The Kier molecular flexibility index (Phi) is 4.94. The number of anilines is 1. The predicted molar refractivity (Wildman–Crippen MR) is 107 cm³/mol. The molecule has 0 unspecified atom stereocenters. The fraction of sp³-hybridized carbons (Fsp3) is 0.250. The Balaban J connectivity index is 1.43. The highest BCUT2D eigenvalue weighted by atomic mass is 32.2. The number of pyridine rings is 2. The van der Waals surface area contributed by atoms with Crippen LogP contribution in [0.15, 0.2) is 54.7 Å². The molecule has 1 N–H and O–H groups in total.